The zero-order chi connectivity index (χ0) is 13.7. The van der Waals surface area contributed by atoms with Crippen molar-refractivity contribution in [2.24, 2.45) is 0 Å². The highest BCUT2D eigenvalue weighted by molar-refractivity contribution is 6.42. The van der Waals surface area contributed by atoms with Crippen molar-refractivity contribution in [2.45, 2.75) is 13.0 Å². The number of carboxylic acids is 1. The smallest absolute Gasteiger partial charge is 0.325 e. The fraction of sp³-hybridized carbons (Fsp3) is 0.167. The number of rotatable bonds is 4. The summed E-state index contributed by atoms with van der Waals surface area (Å²) in [5.41, 5.74) is 0.697. The molecule has 0 spiro atoms. The molecule has 0 aliphatic carbocycles. The molecule has 0 aliphatic heterocycles. The molecule has 96 valence electrons. The van der Waals surface area contributed by atoms with E-state index in [2.05, 4.69) is 5.32 Å². The number of benzene rings is 1. The lowest BCUT2D eigenvalue weighted by Crippen LogP contribution is -2.37. The molecule has 1 aromatic rings. The lowest BCUT2D eigenvalue weighted by molar-refractivity contribution is -0.140. The molecule has 0 aromatic heterocycles. The zero-order valence-electron chi connectivity index (χ0n) is 9.48. The first-order valence-electron chi connectivity index (χ1n) is 5.06. The highest BCUT2D eigenvalue weighted by atomic mass is 35.5. The quantitative estimate of drug-likeness (QED) is 0.837. The van der Waals surface area contributed by atoms with Crippen LogP contribution in [0.4, 0.5) is 0 Å². The van der Waals surface area contributed by atoms with Crippen molar-refractivity contribution in [2.75, 3.05) is 0 Å². The predicted octanol–water partition coefficient (Wildman–Crippen LogP) is 2.60. The Kier molecular flexibility index (Phi) is 5.19. The van der Waals surface area contributed by atoms with Gasteiger partial charge in [0.05, 0.1) is 10.0 Å². The SMILES string of the molecule is CC(NC(=O)/C=C/c1ccc(Cl)c(Cl)c1)C(=O)O. The summed E-state index contributed by atoms with van der Waals surface area (Å²) < 4.78 is 0. The van der Waals surface area contributed by atoms with Gasteiger partial charge < -0.3 is 10.4 Å². The second-order valence-electron chi connectivity index (χ2n) is 3.58. The van der Waals surface area contributed by atoms with Crippen LogP contribution in [-0.2, 0) is 9.59 Å². The van der Waals surface area contributed by atoms with Gasteiger partial charge in [-0.15, -0.1) is 0 Å². The first-order chi connectivity index (χ1) is 8.40. The first kappa shape index (κ1) is 14.5. The second-order valence-corrected chi connectivity index (χ2v) is 4.39. The molecule has 0 saturated carbocycles. The van der Waals surface area contributed by atoms with Crippen molar-refractivity contribution >= 4 is 41.2 Å². The highest BCUT2D eigenvalue weighted by Crippen LogP contribution is 2.22. The average molecular weight is 288 g/mol. The van der Waals surface area contributed by atoms with Crippen LogP contribution >= 0.6 is 23.2 Å². The number of aliphatic carboxylic acids is 1. The fourth-order valence-electron chi connectivity index (χ4n) is 1.11. The van der Waals surface area contributed by atoms with Gasteiger partial charge in [0, 0.05) is 6.08 Å². The molecule has 0 aliphatic rings. The molecular formula is C12H11Cl2NO3. The van der Waals surface area contributed by atoms with Crippen LogP contribution < -0.4 is 5.32 Å². The minimum absolute atomic E-state index is 0.387. The van der Waals surface area contributed by atoms with E-state index in [0.29, 0.717) is 15.6 Å². The standard InChI is InChI=1S/C12H11Cl2NO3/c1-7(12(17)18)15-11(16)5-3-8-2-4-9(13)10(14)6-8/h2-7H,1H3,(H,15,16)(H,17,18)/b5-3+. The van der Waals surface area contributed by atoms with Gasteiger partial charge in [0.25, 0.3) is 0 Å². The molecule has 1 rings (SSSR count). The van der Waals surface area contributed by atoms with Gasteiger partial charge in [-0.05, 0) is 30.7 Å². The Labute approximate surface area is 114 Å². The van der Waals surface area contributed by atoms with Crippen molar-refractivity contribution in [3.63, 3.8) is 0 Å². The van der Waals surface area contributed by atoms with E-state index in [1.807, 2.05) is 0 Å². The predicted molar refractivity (Wildman–Crippen MR) is 70.7 cm³/mol. The van der Waals surface area contributed by atoms with E-state index in [1.54, 1.807) is 18.2 Å². The Balaban J connectivity index is 2.66. The molecular weight excluding hydrogens is 277 g/mol. The second kappa shape index (κ2) is 6.42. The maximum absolute atomic E-state index is 11.4. The molecule has 1 unspecified atom stereocenters. The van der Waals surface area contributed by atoms with E-state index in [1.165, 1.54) is 19.1 Å². The van der Waals surface area contributed by atoms with Gasteiger partial charge in [-0.3, -0.25) is 9.59 Å². The van der Waals surface area contributed by atoms with Crippen LogP contribution in [0, 0.1) is 0 Å². The molecule has 0 heterocycles. The lowest BCUT2D eigenvalue weighted by atomic mass is 10.2. The summed E-state index contributed by atoms with van der Waals surface area (Å²) in [4.78, 5) is 21.9. The fourth-order valence-corrected chi connectivity index (χ4v) is 1.42. The minimum atomic E-state index is -1.09. The van der Waals surface area contributed by atoms with Crippen molar-refractivity contribution in [1.29, 1.82) is 0 Å². The summed E-state index contributed by atoms with van der Waals surface area (Å²) in [6.45, 7) is 1.38. The van der Waals surface area contributed by atoms with Crippen LogP contribution in [0.5, 0.6) is 0 Å². The average Bonchev–Trinajstić information content (AvgIpc) is 2.30. The summed E-state index contributed by atoms with van der Waals surface area (Å²) in [5, 5.41) is 11.7. The van der Waals surface area contributed by atoms with Gasteiger partial charge in [-0.1, -0.05) is 29.3 Å². The third-order valence-electron chi connectivity index (χ3n) is 2.10. The molecule has 2 N–H and O–H groups in total. The molecule has 4 nitrogen and oxygen atoms in total. The number of carbonyl (C=O) groups is 2. The topological polar surface area (TPSA) is 66.4 Å². The van der Waals surface area contributed by atoms with Gasteiger partial charge in [-0.2, -0.15) is 0 Å². The van der Waals surface area contributed by atoms with Gasteiger partial charge in [0.1, 0.15) is 6.04 Å². The van der Waals surface area contributed by atoms with Gasteiger partial charge in [-0.25, -0.2) is 0 Å². The number of hydrogen-bond donors (Lipinski definition) is 2. The third-order valence-corrected chi connectivity index (χ3v) is 2.84. The molecule has 0 fully saturated rings. The lowest BCUT2D eigenvalue weighted by Gasteiger charge is -2.06. The summed E-state index contributed by atoms with van der Waals surface area (Å²) in [5.74, 6) is -1.58. The van der Waals surface area contributed by atoms with Crippen LogP contribution in [0.1, 0.15) is 12.5 Å². The number of nitrogens with one attached hydrogen (secondary N) is 1. The van der Waals surface area contributed by atoms with Crippen molar-refractivity contribution in [1.82, 2.24) is 5.32 Å². The maximum Gasteiger partial charge on any atom is 0.325 e. The van der Waals surface area contributed by atoms with E-state index < -0.39 is 17.9 Å². The summed E-state index contributed by atoms with van der Waals surface area (Å²) in [6.07, 6.45) is 2.76. The highest BCUT2D eigenvalue weighted by Gasteiger charge is 2.11. The van der Waals surface area contributed by atoms with Crippen LogP contribution in [0.25, 0.3) is 6.08 Å². The molecule has 1 amide bonds. The van der Waals surface area contributed by atoms with Crippen LogP contribution in [0.15, 0.2) is 24.3 Å². The molecule has 6 heteroatoms. The maximum atomic E-state index is 11.4. The zero-order valence-corrected chi connectivity index (χ0v) is 11.0. The Morgan fingerprint density at radius 1 is 1.33 bits per heavy atom. The Hall–Kier alpha value is -1.52. The third kappa shape index (κ3) is 4.39. The summed E-state index contributed by atoms with van der Waals surface area (Å²) >= 11 is 11.6. The largest absolute Gasteiger partial charge is 0.480 e. The van der Waals surface area contributed by atoms with E-state index in [9.17, 15) is 9.59 Å². The number of hydrogen-bond acceptors (Lipinski definition) is 2. The molecule has 0 bridgehead atoms. The van der Waals surface area contributed by atoms with Crippen molar-refractivity contribution < 1.29 is 14.7 Å². The number of halogens is 2. The Morgan fingerprint density at radius 3 is 2.56 bits per heavy atom. The summed E-state index contributed by atoms with van der Waals surface area (Å²) in [7, 11) is 0. The molecule has 0 saturated heterocycles. The first-order valence-corrected chi connectivity index (χ1v) is 5.82. The number of carbonyl (C=O) groups excluding carboxylic acids is 1. The van der Waals surface area contributed by atoms with Crippen LogP contribution in [0.3, 0.4) is 0 Å². The molecule has 18 heavy (non-hydrogen) atoms. The van der Waals surface area contributed by atoms with E-state index in [-0.39, 0.29) is 0 Å². The van der Waals surface area contributed by atoms with Gasteiger partial charge in [0.2, 0.25) is 5.91 Å². The van der Waals surface area contributed by atoms with Crippen molar-refractivity contribution in [3.05, 3.63) is 39.9 Å². The minimum Gasteiger partial charge on any atom is -0.480 e. The summed E-state index contributed by atoms with van der Waals surface area (Å²) in [6, 6.07) is 3.98. The van der Waals surface area contributed by atoms with Crippen molar-refractivity contribution in [3.8, 4) is 0 Å². The molecule has 1 aromatic carbocycles. The molecule has 1 atom stereocenters. The Bertz CT molecular complexity index is 500. The van der Waals surface area contributed by atoms with Crippen LogP contribution in [0.2, 0.25) is 10.0 Å². The number of amides is 1. The van der Waals surface area contributed by atoms with E-state index >= 15 is 0 Å². The normalized spacial score (nSPS) is 12.4. The van der Waals surface area contributed by atoms with Gasteiger partial charge in [0.15, 0.2) is 0 Å². The van der Waals surface area contributed by atoms with Crippen LogP contribution in [-0.4, -0.2) is 23.0 Å². The van der Waals surface area contributed by atoms with Gasteiger partial charge >= 0.3 is 5.97 Å². The monoisotopic (exact) mass is 287 g/mol. The number of carboxylic acid groups (broad SMARTS) is 1. The molecule has 0 radical (unpaired) electrons. The van der Waals surface area contributed by atoms with E-state index in [4.69, 9.17) is 28.3 Å². The van der Waals surface area contributed by atoms with E-state index in [0.717, 1.165) is 0 Å². The Morgan fingerprint density at radius 2 is 2.00 bits per heavy atom.